The largest absolute Gasteiger partial charge is 0.374 e. The molecule has 0 aliphatic carbocycles. The molecular formula is C18H20N2O3S. The monoisotopic (exact) mass is 344 g/mol. The van der Waals surface area contributed by atoms with Gasteiger partial charge in [-0.3, -0.25) is 4.79 Å². The summed E-state index contributed by atoms with van der Waals surface area (Å²) in [6, 6.07) is 15.9. The van der Waals surface area contributed by atoms with Crippen molar-refractivity contribution in [2.24, 2.45) is 0 Å². The highest BCUT2D eigenvalue weighted by Crippen LogP contribution is 2.28. The molecule has 1 N–H and O–H groups in total. The van der Waals surface area contributed by atoms with Crippen molar-refractivity contribution in [1.82, 2.24) is 0 Å². The molecule has 5 nitrogen and oxygen atoms in total. The number of hydrogen-bond acceptors (Lipinski definition) is 4. The number of amides is 1. The Morgan fingerprint density at radius 2 is 1.67 bits per heavy atom. The van der Waals surface area contributed by atoms with Gasteiger partial charge in [0, 0.05) is 23.7 Å². The minimum Gasteiger partial charge on any atom is -0.374 e. The average molecular weight is 344 g/mol. The molecule has 126 valence electrons. The van der Waals surface area contributed by atoms with Gasteiger partial charge in [-0.1, -0.05) is 18.2 Å². The number of para-hydroxylation sites is 1. The van der Waals surface area contributed by atoms with Crippen LogP contribution < -0.4 is 10.2 Å². The number of rotatable bonds is 4. The van der Waals surface area contributed by atoms with E-state index in [1.807, 2.05) is 42.2 Å². The molecule has 0 radical (unpaired) electrons. The van der Waals surface area contributed by atoms with Gasteiger partial charge in [0.25, 0.3) is 0 Å². The lowest BCUT2D eigenvalue weighted by molar-refractivity contribution is -0.117. The van der Waals surface area contributed by atoms with E-state index in [1.54, 1.807) is 24.3 Å². The lowest BCUT2D eigenvalue weighted by atomic mass is 10.1. The summed E-state index contributed by atoms with van der Waals surface area (Å²) in [5.74, 6) is 0.0286. The Hall–Kier alpha value is -2.34. The molecule has 3 rings (SSSR count). The van der Waals surface area contributed by atoms with Crippen LogP contribution in [-0.2, 0) is 14.6 Å². The van der Waals surface area contributed by atoms with Crippen molar-refractivity contribution in [3.05, 3.63) is 54.6 Å². The van der Waals surface area contributed by atoms with Crippen molar-refractivity contribution in [3.8, 4) is 0 Å². The summed E-state index contributed by atoms with van der Waals surface area (Å²) in [6.07, 6.45) is 1.87. The fraction of sp³-hybridized carbons (Fsp3) is 0.278. The molecule has 0 bridgehead atoms. The molecule has 1 saturated heterocycles. The predicted molar refractivity (Wildman–Crippen MR) is 95.0 cm³/mol. The Morgan fingerprint density at radius 3 is 2.25 bits per heavy atom. The van der Waals surface area contributed by atoms with Crippen LogP contribution in [0.2, 0.25) is 0 Å². The third-order valence-corrected chi connectivity index (χ3v) is 5.34. The minimum atomic E-state index is -3.21. The lowest BCUT2D eigenvalue weighted by Gasteiger charge is -2.21. The van der Waals surface area contributed by atoms with E-state index in [-0.39, 0.29) is 22.9 Å². The number of carbonyl (C=O) groups is 1. The third-order valence-electron chi connectivity index (χ3n) is 4.21. The molecule has 0 spiro atoms. The summed E-state index contributed by atoms with van der Waals surface area (Å²) in [5.41, 5.74) is 1.63. The molecule has 1 amide bonds. The van der Waals surface area contributed by atoms with Gasteiger partial charge in [-0.2, -0.15) is 0 Å². The molecule has 6 heteroatoms. The lowest BCUT2D eigenvalue weighted by Crippen LogP contribution is -2.35. The SMILES string of the molecule is C[C@@H]1C[C@@H](Nc2ccc(S(C)(=O)=O)cc2)C(=O)N1c1ccccc1. The maximum absolute atomic E-state index is 12.7. The molecule has 0 aromatic heterocycles. The molecule has 1 heterocycles. The van der Waals surface area contributed by atoms with Gasteiger partial charge in [0.05, 0.1) is 4.90 Å². The van der Waals surface area contributed by atoms with Crippen molar-refractivity contribution in [2.45, 2.75) is 30.3 Å². The second-order valence-electron chi connectivity index (χ2n) is 6.12. The molecule has 1 aliphatic heterocycles. The topological polar surface area (TPSA) is 66.5 Å². The van der Waals surface area contributed by atoms with Crippen molar-refractivity contribution in [2.75, 3.05) is 16.5 Å². The van der Waals surface area contributed by atoms with E-state index in [2.05, 4.69) is 5.32 Å². The van der Waals surface area contributed by atoms with E-state index in [0.717, 1.165) is 11.4 Å². The number of anilines is 2. The van der Waals surface area contributed by atoms with Crippen molar-refractivity contribution >= 4 is 27.1 Å². The summed E-state index contributed by atoms with van der Waals surface area (Å²) in [6.45, 7) is 2.03. The first-order chi connectivity index (χ1) is 11.4. The van der Waals surface area contributed by atoms with Crippen LogP contribution in [0.15, 0.2) is 59.5 Å². The van der Waals surface area contributed by atoms with Gasteiger partial charge in [0.2, 0.25) is 5.91 Å². The first-order valence-corrected chi connectivity index (χ1v) is 9.70. The van der Waals surface area contributed by atoms with Crippen LogP contribution >= 0.6 is 0 Å². The fourth-order valence-corrected chi connectivity index (χ4v) is 3.65. The Kier molecular flexibility index (Phi) is 4.32. The van der Waals surface area contributed by atoms with Gasteiger partial charge < -0.3 is 10.2 Å². The van der Waals surface area contributed by atoms with Crippen molar-refractivity contribution in [3.63, 3.8) is 0 Å². The number of hydrogen-bond donors (Lipinski definition) is 1. The van der Waals surface area contributed by atoms with Crippen LogP contribution in [0.5, 0.6) is 0 Å². The van der Waals surface area contributed by atoms with Crippen molar-refractivity contribution in [1.29, 1.82) is 0 Å². The highest BCUT2D eigenvalue weighted by atomic mass is 32.2. The second kappa shape index (κ2) is 6.28. The molecule has 2 atom stereocenters. The number of nitrogens with one attached hydrogen (secondary N) is 1. The van der Waals surface area contributed by atoms with E-state index in [1.165, 1.54) is 6.26 Å². The first kappa shape index (κ1) is 16.5. The molecule has 2 aromatic rings. The summed E-state index contributed by atoms with van der Waals surface area (Å²) in [5, 5.41) is 3.21. The minimum absolute atomic E-state index is 0.0286. The van der Waals surface area contributed by atoms with E-state index in [4.69, 9.17) is 0 Å². The summed E-state index contributed by atoms with van der Waals surface area (Å²) >= 11 is 0. The van der Waals surface area contributed by atoms with E-state index in [0.29, 0.717) is 6.42 Å². The zero-order valence-corrected chi connectivity index (χ0v) is 14.5. The van der Waals surface area contributed by atoms with Crippen LogP contribution in [0.25, 0.3) is 0 Å². The van der Waals surface area contributed by atoms with E-state index in [9.17, 15) is 13.2 Å². The molecule has 1 aliphatic rings. The fourth-order valence-electron chi connectivity index (χ4n) is 3.02. The average Bonchev–Trinajstić information content (AvgIpc) is 2.82. The Bertz CT molecular complexity index is 832. The van der Waals surface area contributed by atoms with E-state index >= 15 is 0 Å². The van der Waals surface area contributed by atoms with Crippen LogP contribution in [0.4, 0.5) is 11.4 Å². The maximum Gasteiger partial charge on any atom is 0.249 e. The summed E-state index contributed by atoms with van der Waals surface area (Å²) < 4.78 is 23.0. The second-order valence-corrected chi connectivity index (χ2v) is 8.14. The summed E-state index contributed by atoms with van der Waals surface area (Å²) in [7, 11) is -3.21. The molecule has 24 heavy (non-hydrogen) atoms. The van der Waals surface area contributed by atoms with Gasteiger partial charge >= 0.3 is 0 Å². The molecule has 0 unspecified atom stereocenters. The third kappa shape index (κ3) is 3.28. The van der Waals surface area contributed by atoms with Gasteiger partial charge in [0.1, 0.15) is 6.04 Å². The zero-order chi connectivity index (χ0) is 17.3. The van der Waals surface area contributed by atoms with Gasteiger partial charge in [0.15, 0.2) is 9.84 Å². The summed E-state index contributed by atoms with van der Waals surface area (Å²) in [4.78, 5) is 14.8. The number of nitrogens with zero attached hydrogens (tertiary/aromatic N) is 1. The highest BCUT2D eigenvalue weighted by Gasteiger charge is 2.37. The molecular weight excluding hydrogens is 324 g/mol. The smallest absolute Gasteiger partial charge is 0.249 e. The van der Waals surface area contributed by atoms with Crippen LogP contribution in [-0.4, -0.2) is 32.7 Å². The predicted octanol–water partition coefficient (Wildman–Crippen LogP) is 2.70. The zero-order valence-electron chi connectivity index (χ0n) is 13.6. The Labute approximate surface area is 142 Å². The van der Waals surface area contributed by atoms with Crippen LogP contribution in [0.3, 0.4) is 0 Å². The maximum atomic E-state index is 12.7. The molecule has 0 saturated carbocycles. The number of sulfone groups is 1. The van der Waals surface area contributed by atoms with Crippen LogP contribution in [0.1, 0.15) is 13.3 Å². The highest BCUT2D eigenvalue weighted by molar-refractivity contribution is 7.90. The Balaban J connectivity index is 1.76. The number of benzene rings is 2. The van der Waals surface area contributed by atoms with Gasteiger partial charge in [-0.15, -0.1) is 0 Å². The standard InChI is InChI=1S/C18H20N2O3S/c1-13-12-17(18(21)20(13)15-6-4-3-5-7-15)19-14-8-10-16(11-9-14)24(2,22)23/h3-11,13,17,19H,12H2,1-2H3/t13-,17-/m1/s1. The van der Waals surface area contributed by atoms with Gasteiger partial charge in [-0.25, -0.2) is 8.42 Å². The normalized spacial score (nSPS) is 21.1. The Morgan fingerprint density at radius 1 is 1.04 bits per heavy atom. The van der Waals surface area contributed by atoms with Gasteiger partial charge in [-0.05, 0) is 49.7 Å². The first-order valence-electron chi connectivity index (χ1n) is 7.81. The van der Waals surface area contributed by atoms with E-state index < -0.39 is 9.84 Å². The quantitative estimate of drug-likeness (QED) is 0.926. The molecule has 2 aromatic carbocycles. The van der Waals surface area contributed by atoms with Crippen LogP contribution in [0, 0.1) is 0 Å². The molecule has 1 fully saturated rings. The van der Waals surface area contributed by atoms with Crippen molar-refractivity contribution < 1.29 is 13.2 Å². The number of carbonyl (C=O) groups excluding carboxylic acids is 1.